The summed E-state index contributed by atoms with van der Waals surface area (Å²) < 4.78 is 5.03. The van der Waals surface area contributed by atoms with Gasteiger partial charge in [-0.2, -0.15) is 11.8 Å². The van der Waals surface area contributed by atoms with Crippen molar-refractivity contribution < 1.29 is 4.52 Å². The summed E-state index contributed by atoms with van der Waals surface area (Å²) >= 11 is 1.81. The van der Waals surface area contributed by atoms with E-state index in [1.807, 2.05) is 25.6 Å². The molecule has 0 atom stereocenters. The molecule has 1 aromatic heterocycles. The van der Waals surface area contributed by atoms with Gasteiger partial charge < -0.3 is 10.3 Å². The second-order valence-electron chi connectivity index (χ2n) is 2.64. The van der Waals surface area contributed by atoms with Gasteiger partial charge in [0.1, 0.15) is 5.76 Å². The van der Waals surface area contributed by atoms with E-state index in [0.29, 0.717) is 0 Å². The normalized spacial score (nSPS) is 10.6. The lowest BCUT2D eigenvalue weighted by atomic mass is 10.2. The maximum absolute atomic E-state index is 5.38. The van der Waals surface area contributed by atoms with Crippen molar-refractivity contribution in [1.82, 2.24) is 5.16 Å². The molecule has 0 bridgehead atoms. The molecule has 1 rings (SSSR count). The van der Waals surface area contributed by atoms with E-state index in [2.05, 4.69) is 5.16 Å². The molecule has 0 spiro atoms. The Bertz CT molecular complexity index is 228. The molecule has 0 radical (unpaired) electrons. The van der Waals surface area contributed by atoms with Crippen LogP contribution in [0.15, 0.2) is 4.52 Å². The number of hydrogen-bond acceptors (Lipinski definition) is 4. The lowest BCUT2D eigenvalue weighted by Crippen LogP contribution is -2.01. The second-order valence-corrected chi connectivity index (χ2v) is 3.75. The number of hydrogen-bond donors (Lipinski definition) is 1. The van der Waals surface area contributed by atoms with Crippen molar-refractivity contribution in [3.63, 3.8) is 0 Å². The van der Waals surface area contributed by atoms with Crippen LogP contribution in [0.1, 0.15) is 17.0 Å². The maximum Gasteiger partial charge on any atom is 0.137 e. The minimum atomic E-state index is 0.730. The van der Waals surface area contributed by atoms with Gasteiger partial charge in [0.15, 0.2) is 0 Å². The van der Waals surface area contributed by atoms with Crippen molar-refractivity contribution in [2.45, 2.75) is 19.6 Å². The zero-order valence-electron chi connectivity index (χ0n) is 7.46. The van der Waals surface area contributed by atoms with Crippen molar-refractivity contribution in [3.05, 3.63) is 17.0 Å². The Morgan fingerprint density at radius 2 is 2.25 bits per heavy atom. The van der Waals surface area contributed by atoms with Gasteiger partial charge in [0.25, 0.3) is 0 Å². The molecule has 0 aliphatic rings. The van der Waals surface area contributed by atoms with Crippen LogP contribution < -0.4 is 5.73 Å². The molecule has 0 amide bonds. The number of nitrogens with zero attached hydrogens (tertiary/aromatic N) is 1. The summed E-state index contributed by atoms with van der Waals surface area (Å²) in [7, 11) is 0. The molecule has 0 saturated heterocycles. The van der Waals surface area contributed by atoms with Crippen molar-refractivity contribution >= 4 is 11.8 Å². The summed E-state index contributed by atoms with van der Waals surface area (Å²) in [6.07, 6.45) is 0. The Morgan fingerprint density at radius 3 is 2.75 bits per heavy atom. The third-order valence-electron chi connectivity index (χ3n) is 1.69. The van der Waals surface area contributed by atoms with Gasteiger partial charge >= 0.3 is 0 Å². The molecule has 0 unspecified atom stereocenters. The van der Waals surface area contributed by atoms with Crippen molar-refractivity contribution in [1.29, 1.82) is 0 Å². The first-order chi connectivity index (χ1) is 5.75. The Hall–Kier alpha value is -0.480. The highest BCUT2D eigenvalue weighted by atomic mass is 32.2. The molecule has 0 aliphatic carbocycles. The third-order valence-corrected chi connectivity index (χ3v) is 2.71. The summed E-state index contributed by atoms with van der Waals surface area (Å²) in [4.78, 5) is 0. The van der Waals surface area contributed by atoms with Crippen LogP contribution in [-0.4, -0.2) is 17.5 Å². The third kappa shape index (κ3) is 2.25. The standard InChI is InChI=1S/C8H14N2OS/c1-6-8(5-12-4-3-9)7(2)11-10-6/h3-5,9H2,1-2H3. The minimum Gasteiger partial charge on any atom is -0.361 e. The molecule has 0 saturated carbocycles. The largest absolute Gasteiger partial charge is 0.361 e. The summed E-state index contributed by atoms with van der Waals surface area (Å²) in [6, 6.07) is 0. The minimum absolute atomic E-state index is 0.730. The van der Waals surface area contributed by atoms with E-state index < -0.39 is 0 Å². The molecule has 1 heterocycles. The van der Waals surface area contributed by atoms with Crippen LogP contribution >= 0.6 is 11.8 Å². The number of nitrogens with two attached hydrogens (primary N) is 1. The fourth-order valence-corrected chi connectivity index (χ4v) is 1.89. The number of aryl methyl sites for hydroxylation is 2. The van der Waals surface area contributed by atoms with E-state index in [4.69, 9.17) is 10.3 Å². The summed E-state index contributed by atoms with van der Waals surface area (Å²) in [5, 5.41) is 3.88. The fourth-order valence-electron chi connectivity index (χ4n) is 0.966. The molecule has 0 fully saturated rings. The molecular weight excluding hydrogens is 172 g/mol. The summed E-state index contributed by atoms with van der Waals surface area (Å²) in [5.41, 5.74) is 7.60. The Morgan fingerprint density at radius 1 is 1.50 bits per heavy atom. The molecular formula is C8H14N2OS. The maximum atomic E-state index is 5.38. The monoisotopic (exact) mass is 186 g/mol. The molecule has 1 aromatic rings. The van der Waals surface area contributed by atoms with Crippen LogP contribution in [0.25, 0.3) is 0 Å². The van der Waals surface area contributed by atoms with Gasteiger partial charge in [-0.05, 0) is 13.8 Å². The molecule has 2 N–H and O–H groups in total. The van der Waals surface area contributed by atoms with Crippen molar-refractivity contribution in [3.8, 4) is 0 Å². The van der Waals surface area contributed by atoms with Crippen LogP contribution in [0.3, 0.4) is 0 Å². The van der Waals surface area contributed by atoms with E-state index in [-0.39, 0.29) is 0 Å². The average Bonchev–Trinajstić information content (AvgIpc) is 2.35. The molecule has 0 aliphatic heterocycles. The van der Waals surface area contributed by atoms with Gasteiger partial charge in [-0.15, -0.1) is 0 Å². The van der Waals surface area contributed by atoms with E-state index in [1.54, 1.807) is 0 Å². The quantitative estimate of drug-likeness (QED) is 0.724. The lowest BCUT2D eigenvalue weighted by Gasteiger charge is -1.97. The van der Waals surface area contributed by atoms with Crippen LogP contribution in [0, 0.1) is 13.8 Å². The first kappa shape index (κ1) is 9.61. The highest BCUT2D eigenvalue weighted by Crippen LogP contribution is 2.18. The highest BCUT2D eigenvalue weighted by molar-refractivity contribution is 7.98. The zero-order valence-corrected chi connectivity index (χ0v) is 8.28. The Labute approximate surface area is 76.7 Å². The lowest BCUT2D eigenvalue weighted by molar-refractivity contribution is 0.392. The summed E-state index contributed by atoms with van der Waals surface area (Å²) in [6.45, 7) is 4.64. The van der Waals surface area contributed by atoms with E-state index in [0.717, 1.165) is 29.5 Å². The van der Waals surface area contributed by atoms with Crippen molar-refractivity contribution in [2.75, 3.05) is 12.3 Å². The summed E-state index contributed by atoms with van der Waals surface area (Å²) in [5.74, 6) is 2.87. The molecule has 3 nitrogen and oxygen atoms in total. The zero-order chi connectivity index (χ0) is 8.97. The molecule has 68 valence electrons. The first-order valence-electron chi connectivity index (χ1n) is 3.95. The van der Waals surface area contributed by atoms with Gasteiger partial charge in [0.2, 0.25) is 0 Å². The van der Waals surface area contributed by atoms with E-state index >= 15 is 0 Å². The predicted octanol–water partition coefficient (Wildman–Crippen LogP) is 1.48. The first-order valence-corrected chi connectivity index (χ1v) is 5.10. The Kier molecular flexibility index (Phi) is 3.62. The molecule has 0 aromatic carbocycles. The number of thioether (sulfide) groups is 1. The Balaban J connectivity index is 2.50. The van der Waals surface area contributed by atoms with Gasteiger partial charge in [-0.1, -0.05) is 5.16 Å². The van der Waals surface area contributed by atoms with Gasteiger partial charge in [-0.25, -0.2) is 0 Å². The smallest absolute Gasteiger partial charge is 0.137 e. The predicted molar refractivity (Wildman–Crippen MR) is 51.2 cm³/mol. The fraction of sp³-hybridized carbons (Fsp3) is 0.625. The van der Waals surface area contributed by atoms with Crippen LogP contribution in [0.5, 0.6) is 0 Å². The van der Waals surface area contributed by atoms with E-state index in [9.17, 15) is 0 Å². The average molecular weight is 186 g/mol. The topological polar surface area (TPSA) is 52.0 Å². The van der Waals surface area contributed by atoms with Crippen molar-refractivity contribution in [2.24, 2.45) is 5.73 Å². The van der Waals surface area contributed by atoms with Gasteiger partial charge in [-0.3, -0.25) is 0 Å². The van der Waals surface area contributed by atoms with Crippen LogP contribution in [0.4, 0.5) is 0 Å². The van der Waals surface area contributed by atoms with Crippen LogP contribution in [-0.2, 0) is 5.75 Å². The molecule has 12 heavy (non-hydrogen) atoms. The number of rotatable bonds is 4. The second kappa shape index (κ2) is 4.52. The highest BCUT2D eigenvalue weighted by Gasteiger charge is 2.07. The van der Waals surface area contributed by atoms with E-state index in [1.165, 1.54) is 5.56 Å². The number of aromatic nitrogens is 1. The van der Waals surface area contributed by atoms with Gasteiger partial charge in [0.05, 0.1) is 5.69 Å². The molecule has 4 heteroatoms. The SMILES string of the molecule is Cc1noc(C)c1CSCCN. The van der Waals surface area contributed by atoms with Crippen LogP contribution in [0.2, 0.25) is 0 Å². The van der Waals surface area contributed by atoms with Gasteiger partial charge in [0, 0.05) is 23.6 Å².